The number of nitrogens with one attached hydrogen (secondary N) is 2. The maximum atomic E-state index is 12.8. The third-order valence-electron chi connectivity index (χ3n) is 5.11. The maximum Gasteiger partial charge on any atom is 0.328 e. The van der Waals surface area contributed by atoms with E-state index < -0.39 is 12.0 Å². The second-order valence-corrected chi connectivity index (χ2v) is 7.42. The Morgan fingerprint density at radius 3 is 2.55 bits per heavy atom. The van der Waals surface area contributed by atoms with Gasteiger partial charge in [-0.25, -0.2) is 4.79 Å². The van der Waals surface area contributed by atoms with Gasteiger partial charge in [0.2, 0.25) is 0 Å². The number of rotatable bonds is 11. The minimum Gasteiger partial charge on any atom is -0.494 e. The normalized spacial score (nSPS) is 11.8. The van der Waals surface area contributed by atoms with Gasteiger partial charge in [-0.1, -0.05) is 38.0 Å². The molecule has 2 N–H and O–H groups in total. The molecule has 3 rings (SSSR count). The van der Waals surface area contributed by atoms with Crippen LogP contribution in [0.15, 0.2) is 54.7 Å². The van der Waals surface area contributed by atoms with Crippen molar-refractivity contribution in [3.05, 3.63) is 65.9 Å². The van der Waals surface area contributed by atoms with Crippen molar-refractivity contribution < 1.29 is 19.1 Å². The Morgan fingerprint density at radius 1 is 1.03 bits per heavy atom. The average molecular weight is 423 g/mol. The highest BCUT2D eigenvalue weighted by atomic mass is 16.5. The van der Waals surface area contributed by atoms with Crippen molar-refractivity contribution in [1.82, 2.24) is 10.3 Å². The van der Waals surface area contributed by atoms with Crippen LogP contribution in [0.2, 0.25) is 0 Å². The summed E-state index contributed by atoms with van der Waals surface area (Å²) in [6.45, 7) is 4.81. The number of fused-ring (bicyclic) bond motifs is 1. The number of amides is 1. The summed E-state index contributed by atoms with van der Waals surface area (Å²) in [5, 5.41) is 3.86. The number of carbonyl (C=O) groups excluding carboxylic acids is 2. The summed E-state index contributed by atoms with van der Waals surface area (Å²) < 4.78 is 10.9. The molecule has 0 bridgehead atoms. The first-order valence-corrected chi connectivity index (χ1v) is 10.9. The molecular weight excluding hydrogens is 392 g/mol. The zero-order valence-electron chi connectivity index (χ0n) is 18.1. The van der Waals surface area contributed by atoms with Crippen LogP contribution in [0, 0.1) is 0 Å². The molecule has 0 saturated carbocycles. The van der Waals surface area contributed by atoms with Gasteiger partial charge < -0.3 is 19.8 Å². The van der Waals surface area contributed by atoms with E-state index >= 15 is 0 Å². The lowest BCUT2D eigenvalue weighted by molar-refractivity contribution is -0.145. The molecule has 0 aliphatic rings. The van der Waals surface area contributed by atoms with E-state index in [-0.39, 0.29) is 12.5 Å². The van der Waals surface area contributed by atoms with Gasteiger partial charge in [-0.2, -0.15) is 0 Å². The van der Waals surface area contributed by atoms with Gasteiger partial charge >= 0.3 is 5.97 Å². The van der Waals surface area contributed by atoms with Crippen molar-refractivity contribution in [2.24, 2.45) is 0 Å². The quantitative estimate of drug-likeness (QED) is 0.348. The minimum atomic E-state index is -0.781. The van der Waals surface area contributed by atoms with Crippen LogP contribution in [0.3, 0.4) is 0 Å². The van der Waals surface area contributed by atoms with Crippen molar-refractivity contribution >= 4 is 22.8 Å². The fraction of sp³-hybridized carbons (Fsp3) is 0.360. The molecule has 0 aliphatic carbocycles. The molecule has 3 aromatic rings. The molecule has 6 nitrogen and oxygen atoms in total. The molecule has 0 fully saturated rings. The summed E-state index contributed by atoms with van der Waals surface area (Å²) in [4.78, 5) is 28.5. The highest BCUT2D eigenvalue weighted by Crippen LogP contribution is 2.20. The molecular formula is C25H30N2O4. The second kappa shape index (κ2) is 11.2. The van der Waals surface area contributed by atoms with E-state index in [1.165, 1.54) is 0 Å². The maximum absolute atomic E-state index is 12.8. The van der Waals surface area contributed by atoms with E-state index in [0.29, 0.717) is 18.6 Å². The number of aromatic amines is 1. The number of unbranched alkanes of at least 4 members (excludes halogenated alkanes) is 2. The topological polar surface area (TPSA) is 80.4 Å². The lowest BCUT2D eigenvalue weighted by Crippen LogP contribution is -2.43. The third-order valence-corrected chi connectivity index (χ3v) is 5.11. The van der Waals surface area contributed by atoms with Crippen LogP contribution < -0.4 is 10.1 Å². The van der Waals surface area contributed by atoms with Gasteiger partial charge in [-0.15, -0.1) is 0 Å². The largest absolute Gasteiger partial charge is 0.494 e. The van der Waals surface area contributed by atoms with E-state index in [1.54, 1.807) is 31.2 Å². The smallest absolute Gasteiger partial charge is 0.328 e. The zero-order chi connectivity index (χ0) is 22.1. The van der Waals surface area contributed by atoms with Gasteiger partial charge in [0.05, 0.1) is 13.2 Å². The Balaban J connectivity index is 1.67. The SMILES string of the molecule is CCCCCOc1ccc(C(=O)N[C@H](Cc2c[nH]c3ccccc23)C(=O)OCC)cc1. The van der Waals surface area contributed by atoms with Crippen LogP contribution in [0.5, 0.6) is 5.75 Å². The molecule has 1 atom stereocenters. The highest BCUT2D eigenvalue weighted by molar-refractivity contribution is 5.97. The van der Waals surface area contributed by atoms with Crippen LogP contribution in [0.4, 0.5) is 0 Å². The Kier molecular flexibility index (Phi) is 8.10. The first-order chi connectivity index (χ1) is 15.1. The molecule has 0 unspecified atom stereocenters. The van der Waals surface area contributed by atoms with Crippen molar-refractivity contribution in [2.75, 3.05) is 13.2 Å². The number of hydrogen-bond acceptors (Lipinski definition) is 4. The number of aromatic nitrogens is 1. The predicted molar refractivity (Wildman–Crippen MR) is 121 cm³/mol. The number of H-pyrrole nitrogens is 1. The third kappa shape index (κ3) is 6.10. The summed E-state index contributed by atoms with van der Waals surface area (Å²) in [6, 6.07) is 14.1. The summed E-state index contributed by atoms with van der Waals surface area (Å²) in [5.74, 6) is -0.0409. The predicted octanol–water partition coefficient (Wildman–Crippen LogP) is 4.64. The van der Waals surface area contributed by atoms with Gasteiger partial charge in [-0.05, 0) is 49.2 Å². The molecule has 164 valence electrons. The molecule has 2 aromatic carbocycles. The Labute approximate surface area is 182 Å². The fourth-order valence-electron chi connectivity index (χ4n) is 3.44. The minimum absolute atomic E-state index is 0.253. The molecule has 1 heterocycles. The number of benzene rings is 2. The van der Waals surface area contributed by atoms with E-state index in [4.69, 9.17) is 9.47 Å². The van der Waals surface area contributed by atoms with E-state index in [9.17, 15) is 9.59 Å². The van der Waals surface area contributed by atoms with E-state index in [2.05, 4.69) is 17.2 Å². The monoisotopic (exact) mass is 422 g/mol. The van der Waals surface area contributed by atoms with Gasteiger partial charge in [0, 0.05) is 29.1 Å². The summed E-state index contributed by atoms with van der Waals surface area (Å²) >= 11 is 0. The summed E-state index contributed by atoms with van der Waals surface area (Å²) in [7, 11) is 0. The van der Waals surface area contributed by atoms with Crippen LogP contribution >= 0.6 is 0 Å². The van der Waals surface area contributed by atoms with Crippen LogP contribution in [0.1, 0.15) is 49.0 Å². The fourth-order valence-corrected chi connectivity index (χ4v) is 3.44. The second-order valence-electron chi connectivity index (χ2n) is 7.42. The Bertz CT molecular complexity index is 994. The molecule has 6 heteroatoms. The highest BCUT2D eigenvalue weighted by Gasteiger charge is 2.24. The van der Waals surface area contributed by atoms with Crippen LogP contribution in [-0.4, -0.2) is 36.1 Å². The Morgan fingerprint density at radius 2 is 1.81 bits per heavy atom. The van der Waals surface area contributed by atoms with Crippen LogP contribution in [-0.2, 0) is 16.0 Å². The molecule has 0 saturated heterocycles. The number of ether oxygens (including phenoxy) is 2. The molecule has 0 radical (unpaired) electrons. The van der Waals surface area contributed by atoms with E-state index in [0.717, 1.165) is 41.5 Å². The Hall–Kier alpha value is -3.28. The molecule has 0 aliphatic heterocycles. The molecule has 1 aromatic heterocycles. The van der Waals surface area contributed by atoms with Gasteiger partial charge in [0.1, 0.15) is 11.8 Å². The first-order valence-electron chi connectivity index (χ1n) is 10.9. The summed E-state index contributed by atoms with van der Waals surface area (Å²) in [6.07, 6.45) is 5.49. The standard InChI is InChI=1S/C25H30N2O4/c1-3-5-8-15-31-20-13-11-18(12-14-20)24(28)27-23(25(29)30-4-2)16-19-17-26-22-10-7-6-9-21(19)22/h6-7,9-14,17,23,26H,3-5,8,15-16H2,1-2H3,(H,27,28)/t23-/m1/s1. The van der Waals surface area contributed by atoms with E-state index in [1.807, 2.05) is 30.5 Å². The molecule has 0 spiro atoms. The van der Waals surface area contributed by atoms with Gasteiger partial charge in [-0.3, -0.25) is 4.79 Å². The van der Waals surface area contributed by atoms with Gasteiger partial charge in [0.25, 0.3) is 5.91 Å². The molecule has 1 amide bonds. The van der Waals surface area contributed by atoms with Crippen molar-refractivity contribution in [3.63, 3.8) is 0 Å². The van der Waals surface area contributed by atoms with Crippen molar-refractivity contribution in [2.45, 2.75) is 45.6 Å². The zero-order valence-corrected chi connectivity index (χ0v) is 18.1. The number of carbonyl (C=O) groups is 2. The van der Waals surface area contributed by atoms with Crippen molar-refractivity contribution in [1.29, 1.82) is 0 Å². The first kappa shape index (κ1) is 22.4. The number of hydrogen-bond donors (Lipinski definition) is 2. The average Bonchev–Trinajstić information content (AvgIpc) is 3.20. The lowest BCUT2D eigenvalue weighted by atomic mass is 10.0. The lowest BCUT2D eigenvalue weighted by Gasteiger charge is -2.17. The van der Waals surface area contributed by atoms with Crippen LogP contribution in [0.25, 0.3) is 10.9 Å². The summed E-state index contributed by atoms with van der Waals surface area (Å²) in [5.41, 5.74) is 2.40. The van der Waals surface area contributed by atoms with Gasteiger partial charge in [0.15, 0.2) is 0 Å². The number of para-hydroxylation sites is 1. The molecule has 31 heavy (non-hydrogen) atoms. The van der Waals surface area contributed by atoms with Crippen molar-refractivity contribution in [3.8, 4) is 5.75 Å². The number of esters is 1.